The summed E-state index contributed by atoms with van der Waals surface area (Å²) in [7, 11) is 0. The van der Waals surface area contributed by atoms with Crippen LogP contribution < -0.4 is 5.32 Å². The lowest BCUT2D eigenvalue weighted by Crippen LogP contribution is -2.43. The molecule has 0 unspecified atom stereocenters. The van der Waals surface area contributed by atoms with Crippen LogP contribution in [0.25, 0.3) is 0 Å². The molecule has 0 radical (unpaired) electrons. The van der Waals surface area contributed by atoms with Gasteiger partial charge in [-0.2, -0.15) is 0 Å². The zero-order valence-electron chi connectivity index (χ0n) is 18.3. The molecular formula is C24H29N3O4. The quantitative estimate of drug-likeness (QED) is 0.547. The van der Waals surface area contributed by atoms with Gasteiger partial charge in [-0.1, -0.05) is 37.3 Å². The molecule has 1 N–H and O–H groups in total. The number of urea groups is 1. The van der Waals surface area contributed by atoms with Gasteiger partial charge in [0.25, 0.3) is 5.91 Å². The van der Waals surface area contributed by atoms with Crippen LogP contribution in [0.2, 0.25) is 0 Å². The van der Waals surface area contributed by atoms with Crippen molar-refractivity contribution in [3.8, 4) is 0 Å². The lowest BCUT2D eigenvalue weighted by Gasteiger charge is -2.25. The monoisotopic (exact) mass is 423 g/mol. The molecule has 2 aliphatic rings. The number of hydrogen-bond acceptors (Lipinski definition) is 4. The molecule has 164 valence electrons. The number of hydrogen-bond donors (Lipinski definition) is 1. The van der Waals surface area contributed by atoms with E-state index in [9.17, 15) is 14.4 Å². The largest absolute Gasteiger partial charge is 0.376 e. The molecule has 0 bridgehead atoms. The molecule has 7 heteroatoms. The molecule has 1 aromatic heterocycles. The summed E-state index contributed by atoms with van der Waals surface area (Å²) in [4.78, 5) is 40.2. The molecule has 2 saturated heterocycles. The van der Waals surface area contributed by atoms with Gasteiger partial charge in [0, 0.05) is 30.1 Å². The SMILES string of the molecule is CC[C@]1(c2ccccc2)NC(=O)N(CC(=O)c2cc(C)n(C[C@@H]3CCCO3)c2C)C1=O. The van der Waals surface area contributed by atoms with Crippen LogP contribution in [0, 0.1) is 13.8 Å². The van der Waals surface area contributed by atoms with Crippen molar-refractivity contribution in [1.29, 1.82) is 0 Å². The van der Waals surface area contributed by atoms with Crippen LogP contribution >= 0.6 is 0 Å². The van der Waals surface area contributed by atoms with Crippen molar-refractivity contribution in [2.75, 3.05) is 13.2 Å². The standard InChI is InChI=1S/C24H29N3O4/c1-4-24(18-9-6-5-7-10-18)22(29)27(23(30)25-24)15-21(28)20-13-16(2)26(17(20)3)14-19-11-8-12-31-19/h5-7,9-10,13,19H,4,8,11-12,14-15H2,1-3H3,(H,25,30)/t19-,24+/m0/s1. The molecule has 3 amide bonds. The average molecular weight is 424 g/mol. The first-order valence-electron chi connectivity index (χ1n) is 10.9. The van der Waals surface area contributed by atoms with Crippen molar-refractivity contribution in [2.24, 2.45) is 0 Å². The Hall–Kier alpha value is -2.93. The first-order chi connectivity index (χ1) is 14.9. The Kier molecular flexibility index (Phi) is 5.71. The lowest BCUT2D eigenvalue weighted by molar-refractivity contribution is -0.131. The van der Waals surface area contributed by atoms with E-state index in [-0.39, 0.29) is 24.3 Å². The minimum Gasteiger partial charge on any atom is -0.376 e. The Balaban J connectivity index is 1.55. The summed E-state index contributed by atoms with van der Waals surface area (Å²) in [6, 6.07) is 10.5. The van der Waals surface area contributed by atoms with Gasteiger partial charge in [-0.25, -0.2) is 4.79 Å². The van der Waals surface area contributed by atoms with Gasteiger partial charge in [0.2, 0.25) is 0 Å². The number of imide groups is 1. The maximum atomic E-state index is 13.3. The third kappa shape index (κ3) is 3.67. The number of aromatic nitrogens is 1. The Labute approximate surface area is 182 Å². The Morgan fingerprint density at radius 2 is 1.97 bits per heavy atom. The zero-order valence-corrected chi connectivity index (χ0v) is 18.3. The molecule has 2 fully saturated rings. The first kappa shape index (κ1) is 21.3. The number of amides is 3. The summed E-state index contributed by atoms with van der Waals surface area (Å²) in [5, 5.41) is 2.83. The number of aryl methyl sites for hydroxylation is 1. The summed E-state index contributed by atoms with van der Waals surface area (Å²) < 4.78 is 7.83. The fourth-order valence-electron chi connectivity index (χ4n) is 4.72. The van der Waals surface area contributed by atoms with E-state index < -0.39 is 11.6 Å². The number of carbonyl (C=O) groups excluding carboxylic acids is 3. The van der Waals surface area contributed by atoms with Gasteiger partial charge in [0.15, 0.2) is 5.78 Å². The smallest absolute Gasteiger partial charge is 0.325 e. The van der Waals surface area contributed by atoms with Gasteiger partial charge in [-0.05, 0) is 44.7 Å². The van der Waals surface area contributed by atoms with Crippen molar-refractivity contribution < 1.29 is 19.1 Å². The Bertz CT molecular complexity index is 1010. The molecule has 7 nitrogen and oxygen atoms in total. The highest BCUT2D eigenvalue weighted by atomic mass is 16.5. The Morgan fingerprint density at radius 3 is 2.61 bits per heavy atom. The molecule has 0 saturated carbocycles. The van der Waals surface area contributed by atoms with E-state index >= 15 is 0 Å². The highest BCUT2D eigenvalue weighted by molar-refractivity contribution is 6.11. The second kappa shape index (κ2) is 8.30. The highest BCUT2D eigenvalue weighted by Crippen LogP contribution is 2.32. The summed E-state index contributed by atoms with van der Waals surface area (Å²) in [5.41, 5.74) is 1.95. The van der Waals surface area contributed by atoms with E-state index in [2.05, 4.69) is 9.88 Å². The molecular weight excluding hydrogens is 394 g/mol. The molecule has 4 rings (SSSR count). The highest BCUT2D eigenvalue weighted by Gasteiger charge is 2.51. The summed E-state index contributed by atoms with van der Waals surface area (Å²) >= 11 is 0. The predicted molar refractivity (Wildman–Crippen MR) is 116 cm³/mol. The van der Waals surface area contributed by atoms with Gasteiger partial charge in [0.1, 0.15) is 5.54 Å². The minimum absolute atomic E-state index is 0.162. The van der Waals surface area contributed by atoms with Gasteiger partial charge in [-0.15, -0.1) is 0 Å². The van der Waals surface area contributed by atoms with Crippen LogP contribution in [-0.2, 0) is 21.6 Å². The number of benzene rings is 1. The van der Waals surface area contributed by atoms with Gasteiger partial charge in [0.05, 0.1) is 12.6 Å². The number of Topliss-reactive ketones (excluding diaryl/α,β-unsaturated/α-hetero) is 1. The summed E-state index contributed by atoms with van der Waals surface area (Å²) in [6.45, 7) is 6.94. The van der Waals surface area contributed by atoms with Crippen LogP contribution in [-0.4, -0.2) is 46.4 Å². The van der Waals surface area contributed by atoms with E-state index in [0.29, 0.717) is 18.5 Å². The maximum Gasteiger partial charge on any atom is 0.325 e. The lowest BCUT2D eigenvalue weighted by atomic mass is 9.87. The van der Waals surface area contributed by atoms with Crippen LogP contribution in [0.3, 0.4) is 0 Å². The van der Waals surface area contributed by atoms with E-state index in [0.717, 1.165) is 41.3 Å². The molecule has 0 spiro atoms. The van der Waals surface area contributed by atoms with E-state index in [1.807, 2.05) is 57.2 Å². The zero-order chi connectivity index (χ0) is 22.2. The van der Waals surface area contributed by atoms with Gasteiger partial charge in [-0.3, -0.25) is 14.5 Å². The number of carbonyl (C=O) groups is 3. The van der Waals surface area contributed by atoms with Crippen molar-refractivity contribution in [3.63, 3.8) is 0 Å². The third-order valence-electron chi connectivity index (χ3n) is 6.56. The van der Waals surface area contributed by atoms with Gasteiger partial charge >= 0.3 is 6.03 Å². The molecule has 2 aliphatic heterocycles. The Morgan fingerprint density at radius 1 is 1.23 bits per heavy atom. The molecule has 3 heterocycles. The number of ether oxygens (including phenoxy) is 1. The third-order valence-corrected chi connectivity index (χ3v) is 6.56. The van der Waals surface area contributed by atoms with Gasteiger partial charge < -0.3 is 14.6 Å². The molecule has 1 aromatic carbocycles. The second-order valence-corrected chi connectivity index (χ2v) is 8.40. The summed E-state index contributed by atoms with van der Waals surface area (Å²) in [6.07, 6.45) is 2.64. The van der Waals surface area contributed by atoms with Crippen LogP contribution in [0.1, 0.15) is 53.5 Å². The molecule has 2 atom stereocenters. The number of nitrogens with one attached hydrogen (secondary N) is 1. The molecule has 2 aromatic rings. The van der Waals surface area contributed by atoms with Crippen molar-refractivity contribution in [1.82, 2.24) is 14.8 Å². The second-order valence-electron chi connectivity index (χ2n) is 8.40. The fraction of sp³-hybridized carbons (Fsp3) is 0.458. The summed E-state index contributed by atoms with van der Waals surface area (Å²) in [5.74, 6) is -0.622. The number of nitrogens with zero attached hydrogens (tertiary/aromatic N) is 2. The van der Waals surface area contributed by atoms with Crippen LogP contribution in [0.5, 0.6) is 0 Å². The van der Waals surface area contributed by atoms with E-state index in [1.54, 1.807) is 0 Å². The fourth-order valence-corrected chi connectivity index (χ4v) is 4.72. The van der Waals surface area contributed by atoms with Crippen LogP contribution in [0.15, 0.2) is 36.4 Å². The van der Waals surface area contributed by atoms with Crippen molar-refractivity contribution in [3.05, 3.63) is 58.9 Å². The van der Waals surface area contributed by atoms with Crippen molar-refractivity contribution in [2.45, 2.75) is 58.2 Å². The number of ketones is 1. The molecule has 31 heavy (non-hydrogen) atoms. The minimum atomic E-state index is -1.13. The number of rotatable bonds is 7. The van der Waals surface area contributed by atoms with E-state index in [1.165, 1.54) is 0 Å². The van der Waals surface area contributed by atoms with Crippen molar-refractivity contribution >= 4 is 17.7 Å². The normalized spacial score (nSPS) is 23.5. The topological polar surface area (TPSA) is 80.6 Å². The maximum absolute atomic E-state index is 13.3. The predicted octanol–water partition coefficient (Wildman–Crippen LogP) is 3.32. The average Bonchev–Trinajstić information content (AvgIpc) is 3.45. The first-order valence-corrected chi connectivity index (χ1v) is 10.9. The van der Waals surface area contributed by atoms with E-state index in [4.69, 9.17) is 4.74 Å². The van der Waals surface area contributed by atoms with Crippen LogP contribution in [0.4, 0.5) is 4.79 Å². The molecule has 0 aliphatic carbocycles.